The molecule has 0 heterocycles. The van der Waals surface area contributed by atoms with Crippen molar-refractivity contribution < 1.29 is 4.74 Å². The fraction of sp³-hybridized carbons (Fsp3) is 0.444. The smallest absolute Gasteiger partial charge is 0.0947 e. The summed E-state index contributed by atoms with van der Waals surface area (Å²) >= 11 is 0. The Morgan fingerprint density at radius 3 is 2.82 bits per heavy atom. The molecule has 0 unspecified atom stereocenters. The number of rotatable bonds is 2. The summed E-state index contributed by atoms with van der Waals surface area (Å²) in [7, 11) is 1.68. The van der Waals surface area contributed by atoms with Crippen molar-refractivity contribution in [1.29, 1.82) is 5.26 Å². The lowest BCUT2D eigenvalue weighted by Crippen LogP contribution is -1.98. The minimum Gasteiger partial charge on any atom is -0.380 e. The number of nitrogens with zero attached hydrogens (tertiary/aromatic N) is 1. The standard InChI is InChI=1S/C9H11NO/c1-11-7-9-4-2-8(6-10)3-5-9/h2,4H,3,5,7H2,1H3. The Hall–Kier alpha value is -1.07. The molecule has 0 saturated heterocycles. The molecule has 2 nitrogen and oxygen atoms in total. The lowest BCUT2D eigenvalue weighted by molar-refractivity contribution is 0.223. The number of nitriles is 1. The third-order valence-electron chi connectivity index (χ3n) is 1.71. The topological polar surface area (TPSA) is 33.0 Å². The third kappa shape index (κ3) is 2.21. The fourth-order valence-electron chi connectivity index (χ4n) is 1.08. The van der Waals surface area contributed by atoms with E-state index in [1.54, 1.807) is 7.11 Å². The molecular weight excluding hydrogens is 138 g/mol. The van der Waals surface area contributed by atoms with E-state index < -0.39 is 0 Å². The second kappa shape index (κ2) is 3.95. The summed E-state index contributed by atoms with van der Waals surface area (Å²) in [5.74, 6) is 0. The van der Waals surface area contributed by atoms with E-state index in [2.05, 4.69) is 6.07 Å². The molecule has 1 aliphatic carbocycles. The van der Waals surface area contributed by atoms with Gasteiger partial charge in [0, 0.05) is 12.7 Å². The zero-order valence-corrected chi connectivity index (χ0v) is 6.63. The van der Waals surface area contributed by atoms with Crippen LogP contribution in [0.5, 0.6) is 0 Å². The number of methoxy groups -OCH3 is 1. The molecule has 1 aliphatic rings. The van der Waals surface area contributed by atoms with Gasteiger partial charge in [0.2, 0.25) is 0 Å². The molecule has 11 heavy (non-hydrogen) atoms. The summed E-state index contributed by atoms with van der Waals surface area (Å²) in [5, 5.41) is 8.53. The van der Waals surface area contributed by atoms with Crippen LogP contribution in [0.1, 0.15) is 12.8 Å². The highest BCUT2D eigenvalue weighted by molar-refractivity contribution is 5.32. The molecule has 0 aromatic rings. The summed E-state index contributed by atoms with van der Waals surface area (Å²) in [5.41, 5.74) is 2.14. The zero-order valence-electron chi connectivity index (χ0n) is 6.63. The molecule has 1 rings (SSSR count). The first kappa shape index (κ1) is 8.03. The molecule has 0 aromatic heterocycles. The maximum Gasteiger partial charge on any atom is 0.0947 e. The van der Waals surface area contributed by atoms with E-state index in [-0.39, 0.29) is 0 Å². The largest absolute Gasteiger partial charge is 0.380 e. The highest BCUT2D eigenvalue weighted by Crippen LogP contribution is 2.17. The number of hydrogen-bond donors (Lipinski definition) is 0. The molecule has 0 fully saturated rings. The van der Waals surface area contributed by atoms with Crippen LogP contribution in [0.3, 0.4) is 0 Å². The normalized spacial score (nSPS) is 16.7. The maximum atomic E-state index is 8.53. The Balaban J connectivity index is 2.56. The summed E-state index contributed by atoms with van der Waals surface area (Å²) in [4.78, 5) is 0. The van der Waals surface area contributed by atoms with Crippen LogP contribution in [0.2, 0.25) is 0 Å². The van der Waals surface area contributed by atoms with Crippen LogP contribution in [-0.4, -0.2) is 13.7 Å². The van der Waals surface area contributed by atoms with Crippen LogP contribution in [0, 0.1) is 11.3 Å². The van der Waals surface area contributed by atoms with Crippen molar-refractivity contribution in [2.24, 2.45) is 0 Å². The van der Waals surface area contributed by atoms with Crippen molar-refractivity contribution in [3.8, 4) is 6.07 Å². The van der Waals surface area contributed by atoms with E-state index in [0.717, 1.165) is 18.4 Å². The summed E-state index contributed by atoms with van der Waals surface area (Å²) in [6.45, 7) is 0.690. The molecular formula is C9H11NO. The van der Waals surface area contributed by atoms with Gasteiger partial charge < -0.3 is 4.74 Å². The lowest BCUT2D eigenvalue weighted by atomic mass is 10.00. The van der Waals surface area contributed by atoms with Gasteiger partial charge in [-0.2, -0.15) is 5.26 Å². The monoisotopic (exact) mass is 149 g/mol. The van der Waals surface area contributed by atoms with Crippen molar-refractivity contribution in [2.45, 2.75) is 12.8 Å². The van der Waals surface area contributed by atoms with E-state index in [9.17, 15) is 0 Å². The van der Waals surface area contributed by atoms with Crippen molar-refractivity contribution in [3.63, 3.8) is 0 Å². The number of allylic oxidation sites excluding steroid dienone is 3. The van der Waals surface area contributed by atoms with Gasteiger partial charge in [0.15, 0.2) is 0 Å². The van der Waals surface area contributed by atoms with Crippen molar-refractivity contribution in [2.75, 3.05) is 13.7 Å². The predicted octanol–water partition coefficient (Wildman–Crippen LogP) is 1.80. The molecule has 0 atom stereocenters. The predicted molar refractivity (Wildman–Crippen MR) is 42.9 cm³/mol. The van der Waals surface area contributed by atoms with E-state index in [1.807, 2.05) is 12.2 Å². The van der Waals surface area contributed by atoms with Gasteiger partial charge in [0.1, 0.15) is 0 Å². The second-order valence-corrected chi connectivity index (χ2v) is 2.56. The number of hydrogen-bond acceptors (Lipinski definition) is 2. The highest BCUT2D eigenvalue weighted by atomic mass is 16.5. The van der Waals surface area contributed by atoms with Gasteiger partial charge in [-0.15, -0.1) is 0 Å². The van der Waals surface area contributed by atoms with Gasteiger partial charge in [0.25, 0.3) is 0 Å². The minimum absolute atomic E-state index is 0.690. The fourth-order valence-corrected chi connectivity index (χ4v) is 1.08. The Bertz CT molecular complexity index is 232. The maximum absolute atomic E-state index is 8.53. The van der Waals surface area contributed by atoms with Crippen LogP contribution in [0.15, 0.2) is 23.3 Å². The van der Waals surface area contributed by atoms with Crippen LogP contribution >= 0.6 is 0 Å². The quantitative estimate of drug-likeness (QED) is 0.599. The van der Waals surface area contributed by atoms with E-state index in [4.69, 9.17) is 10.00 Å². The molecule has 0 saturated carbocycles. The van der Waals surface area contributed by atoms with Crippen LogP contribution < -0.4 is 0 Å². The van der Waals surface area contributed by atoms with Crippen molar-refractivity contribution in [1.82, 2.24) is 0 Å². The lowest BCUT2D eigenvalue weighted by Gasteiger charge is -2.08. The Morgan fingerprint density at radius 2 is 2.36 bits per heavy atom. The van der Waals surface area contributed by atoms with Gasteiger partial charge in [-0.25, -0.2) is 0 Å². The van der Waals surface area contributed by atoms with Crippen LogP contribution in [0.4, 0.5) is 0 Å². The molecule has 0 amide bonds. The molecule has 0 aromatic carbocycles. The molecule has 0 bridgehead atoms. The van der Waals surface area contributed by atoms with Crippen molar-refractivity contribution >= 4 is 0 Å². The molecule has 58 valence electrons. The van der Waals surface area contributed by atoms with Crippen LogP contribution in [0.25, 0.3) is 0 Å². The first-order chi connectivity index (χ1) is 5.36. The molecule has 0 radical (unpaired) electrons. The zero-order chi connectivity index (χ0) is 8.10. The molecule has 0 spiro atoms. The van der Waals surface area contributed by atoms with E-state index in [0.29, 0.717) is 6.61 Å². The van der Waals surface area contributed by atoms with Crippen molar-refractivity contribution in [3.05, 3.63) is 23.3 Å². The summed E-state index contributed by atoms with van der Waals surface area (Å²) in [6.07, 6.45) is 5.68. The SMILES string of the molecule is COCC1=CC=C(C#N)CC1. The Kier molecular flexibility index (Phi) is 2.88. The first-order valence-electron chi connectivity index (χ1n) is 3.64. The highest BCUT2D eigenvalue weighted by Gasteiger charge is 2.04. The van der Waals surface area contributed by atoms with Gasteiger partial charge in [-0.3, -0.25) is 0 Å². The summed E-state index contributed by atoms with van der Waals surface area (Å²) in [6, 6.07) is 2.14. The molecule has 2 heteroatoms. The Labute approximate surface area is 66.8 Å². The van der Waals surface area contributed by atoms with Crippen LogP contribution in [-0.2, 0) is 4.74 Å². The van der Waals surface area contributed by atoms with Gasteiger partial charge >= 0.3 is 0 Å². The molecule has 0 N–H and O–H groups in total. The second-order valence-electron chi connectivity index (χ2n) is 2.56. The molecule has 0 aliphatic heterocycles. The van der Waals surface area contributed by atoms with Gasteiger partial charge in [-0.05, 0) is 24.5 Å². The average Bonchev–Trinajstić information content (AvgIpc) is 2.07. The number of ether oxygens (including phenoxy) is 1. The van der Waals surface area contributed by atoms with Gasteiger partial charge in [-0.1, -0.05) is 6.08 Å². The third-order valence-corrected chi connectivity index (χ3v) is 1.71. The summed E-state index contributed by atoms with van der Waals surface area (Å²) < 4.78 is 4.97. The van der Waals surface area contributed by atoms with E-state index in [1.165, 1.54) is 5.57 Å². The first-order valence-corrected chi connectivity index (χ1v) is 3.64. The average molecular weight is 149 g/mol. The van der Waals surface area contributed by atoms with Gasteiger partial charge in [0.05, 0.1) is 12.7 Å². The minimum atomic E-state index is 0.690. The Morgan fingerprint density at radius 1 is 1.55 bits per heavy atom. The van der Waals surface area contributed by atoms with E-state index >= 15 is 0 Å².